The molecular weight excluding hydrogens is 186 g/mol. The van der Waals surface area contributed by atoms with Crippen LogP contribution >= 0.6 is 0 Å². The van der Waals surface area contributed by atoms with Crippen LogP contribution in [-0.2, 0) is 9.47 Å². The van der Waals surface area contributed by atoms with Crippen LogP contribution < -0.4 is 0 Å². The van der Waals surface area contributed by atoms with Crippen LogP contribution in [0.2, 0.25) is 0 Å². The van der Waals surface area contributed by atoms with Crippen LogP contribution in [0.15, 0.2) is 0 Å². The Bertz CT molecular complexity index is 225. The fourth-order valence-corrected chi connectivity index (χ4v) is 2.27. The topological polar surface area (TPSA) is 64.9 Å². The van der Waals surface area contributed by atoms with Crippen LogP contribution in [-0.4, -0.2) is 30.5 Å². The lowest BCUT2D eigenvalue weighted by Gasteiger charge is -2.22. The van der Waals surface area contributed by atoms with Gasteiger partial charge in [-0.1, -0.05) is 0 Å². The highest BCUT2D eigenvalue weighted by Crippen LogP contribution is 2.38. The summed E-state index contributed by atoms with van der Waals surface area (Å²) in [5, 5.41) is 10.5. The third-order valence-electron chi connectivity index (χ3n) is 3.22. The fourth-order valence-electron chi connectivity index (χ4n) is 2.27. The van der Waals surface area contributed by atoms with Crippen molar-refractivity contribution in [3.8, 4) is 0 Å². The molecule has 2 fully saturated rings. The van der Waals surface area contributed by atoms with Crippen molar-refractivity contribution in [3.05, 3.63) is 10.1 Å². The van der Waals surface area contributed by atoms with Crippen molar-refractivity contribution in [2.45, 2.75) is 44.1 Å². The van der Waals surface area contributed by atoms with Gasteiger partial charge in [0.15, 0.2) is 6.29 Å². The molecule has 14 heavy (non-hydrogen) atoms. The lowest BCUT2D eigenvalue weighted by atomic mass is 9.84. The quantitative estimate of drug-likeness (QED) is 0.391. The number of ether oxygens (including phenoxy) is 2. The van der Waals surface area contributed by atoms with Gasteiger partial charge in [-0.3, -0.25) is 10.1 Å². The zero-order valence-corrected chi connectivity index (χ0v) is 8.22. The van der Waals surface area contributed by atoms with E-state index in [0.717, 1.165) is 12.8 Å². The summed E-state index contributed by atoms with van der Waals surface area (Å²) in [7, 11) is 1.63. The molecule has 0 aromatic carbocycles. The molecule has 2 rings (SSSR count). The van der Waals surface area contributed by atoms with E-state index in [-0.39, 0.29) is 23.4 Å². The van der Waals surface area contributed by atoms with Gasteiger partial charge >= 0.3 is 0 Å². The number of hydrogen-bond donors (Lipinski definition) is 0. The number of rotatable bonds is 3. The summed E-state index contributed by atoms with van der Waals surface area (Å²) in [5.41, 5.74) is 0. The van der Waals surface area contributed by atoms with E-state index in [1.54, 1.807) is 7.11 Å². The molecule has 0 aromatic rings. The summed E-state index contributed by atoms with van der Waals surface area (Å²) in [4.78, 5) is 10.4. The lowest BCUT2D eigenvalue weighted by Crippen LogP contribution is -2.28. The van der Waals surface area contributed by atoms with E-state index >= 15 is 0 Å². The Kier molecular flexibility index (Phi) is 2.69. The largest absolute Gasteiger partial charge is 0.353 e. The van der Waals surface area contributed by atoms with Crippen LogP contribution in [0.5, 0.6) is 0 Å². The lowest BCUT2D eigenvalue weighted by molar-refractivity contribution is -0.527. The Hall–Kier alpha value is -0.680. The highest BCUT2D eigenvalue weighted by molar-refractivity contribution is 4.87. The first-order valence-electron chi connectivity index (χ1n) is 5.04. The average Bonchev–Trinajstić information content (AvgIpc) is 2.97. The molecule has 1 saturated heterocycles. The van der Waals surface area contributed by atoms with Gasteiger partial charge in [0.05, 0.1) is 0 Å². The van der Waals surface area contributed by atoms with Crippen LogP contribution in [0.4, 0.5) is 0 Å². The van der Waals surface area contributed by atoms with Gasteiger partial charge in [0.25, 0.3) is 0 Å². The summed E-state index contributed by atoms with van der Waals surface area (Å²) < 4.78 is 10.4. The summed E-state index contributed by atoms with van der Waals surface area (Å²) >= 11 is 0. The molecule has 0 spiro atoms. The molecule has 0 bridgehead atoms. The van der Waals surface area contributed by atoms with E-state index in [9.17, 15) is 10.1 Å². The predicted molar refractivity (Wildman–Crippen MR) is 48.4 cm³/mol. The second kappa shape index (κ2) is 3.82. The van der Waals surface area contributed by atoms with Gasteiger partial charge in [0, 0.05) is 24.9 Å². The molecule has 2 unspecified atom stereocenters. The first-order valence-corrected chi connectivity index (χ1v) is 5.04. The van der Waals surface area contributed by atoms with E-state index in [1.807, 2.05) is 0 Å². The van der Waals surface area contributed by atoms with Gasteiger partial charge < -0.3 is 9.47 Å². The minimum atomic E-state index is -0.328. The van der Waals surface area contributed by atoms with E-state index in [4.69, 9.17) is 9.47 Å². The molecule has 5 nitrogen and oxygen atoms in total. The zero-order valence-electron chi connectivity index (χ0n) is 8.22. The Labute approximate surface area is 82.5 Å². The number of nitrogens with zero attached hydrogens (tertiary/aromatic N) is 1. The number of methoxy groups -OCH3 is 1. The number of nitro groups is 1. The van der Waals surface area contributed by atoms with Crippen molar-refractivity contribution >= 4 is 0 Å². The minimum absolute atomic E-state index is 0.0489. The molecular formula is C9H15NO4. The smallest absolute Gasteiger partial charge is 0.213 e. The molecule has 0 amide bonds. The van der Waals surface area contributed by atoms with Gasteiger partial charge in [0.2, 0.25) is 6.04 Å². The Morgan fingerprint density at radius 1 is 1.36 bits per heavy atom. The monoisotopic (exact) mass is 201 g/mol. The zero-order chi connectivity index (χ0) is 10.1. The summed E-state index contributed by atoms with van der Waals surface area (Å²) in [6, 6.07) is -0.328. The third-order valence-corrected chi connectivity index (χ3v) is 3.22. The first-order chi connectivity index (χ1) is 6.72. The van der Waals surface area contributed by atoms with Crippen molar-refractivity contribution in [1.82, 2.24) is 0 Å². The molecule has 1 aliphatic carbocycles. The molecule has 0 N–H and O–H groups in total. The summed E-state index contributed by atoms with van der Waals surface area (Å²) in [5.74, 6) is 0.469. The first kappa shape index (κ1) is 9.86. The van der Waals surface area contributed by atoms with Crippen molar-refractivity contribution in [2.75, 3.05) is 7.11 Å². The maximum absolute atomic E-state index is 10.5. The van der Waals surface area contributed by atoms with Gasteiger partial charge in [-0.05, 0) is 18.8 Å². The van der Waals surface area contributed by atoms with Crippen LogP contribution in [0.25, 0.3) is 0 Å². The van der Waals surface area contributed by atoms with Gasteiger partial charge in [-0.15, -0.1) is 0 Å². The highest BCUT2D eigenvalue weighted by Gasteiger charge is 2.47. The van der Waals surface area contributed by atoms with E-state index in [0.29, 0.717) is 18.8 Å². The van der Waals surface area contributed by atoms with E-state index in [1.165, 1.54) is 0 Å². The molecule has 80 valence electrons. The fraction of sp³-hybridized carbons (Fsp3) is 1.00. The molecule has 1 saturated carbocycles. The second-order valence-corrected chi connectivity index (χ2v) is 4.06. The highest BCUT2D eigenvalue weighted by atomic mass is 16.8. The number of epoxide rings is 1. The molecule has 1 heterocycles. The molecule has 5 heteroatoms. The molecule has 2 atom stereocenters. The van der Waals surface area contributed by atoms with Crippen LogP contribution in [0.1, 0.15) is 25.7 Å². The van der Waals surface area contributed by atoms with Crippen LogP contribution in [0.3, 0.4) is 0 Å². The summed E-state index contributed by atoms with van der Waals surface area (Å²) in [6.07, 6.45) is 3.33. The predicted octanol–water partition coefficient (Wildman–Crippen LogP) is 1.19. The maximum Gasteiger partial charge on any atom is 0.213 e. The second-order valence-electron chi connectivity index (χ2n) is 4.06. The summed E-state index contributed by atoms with van der Waals surface area (Å²) in [6.45, 7) is 0. The maximum atomic E-state index is 10.5. The van der Waals surface area contributed by atoms with Gasteiger partial charge in [-0.2, -0.15) is 0 Å². The van der Waals surface area contributed by atoms with Crippen molar-refractivity contribution in [2.24, 2.45) is 5.92 Å². The normalized spacial score (nSPS) is 42.1. The molecule has 1 aliphatic heterocycles. The number of hydrogen-bond acceptors (Lipinski definition) is 4. The Morgan fingerprint density at radius 3 is 2.43 bits per heavy atom. The van der Waals surface area contributed by atoms with Gasteiger partial charge in [-0.25, -0.2) is 0 Å². The average molecular weight is 201 g/mol. The third kappa shape index (κ3) is 1.88. The Balaban J connectivity index is 1.77. The standard InChI is InChI=1S/C9H15NO4/c1-13-9-8(14-9)6-2-4-7(5-3-6)10(11)12/h6-9H,2-5H2,1H3. The molecule has 0 radical (unpaired) electrons. The van der Waals surface area contributed by atoms with Crippen molar-refractivity contribution in [1.29, 1.82) is 0 Å². The van der Waals surface area contributed by atoms with Crippen molar-refractivity contribution < 1.29 is 14.4 Å². The van der Waals surface area contributed by atoms with E-state index in [2.05, 4.69) is 0 Å². The molecule has 0 aromatic heterocycles. The minimum Gasteiger partial charge on any atom is -0.353 e. The van der Waals surface area contributed by atoms with Gasteiger partial charge in [0.1, 0.15) is 6.10 Å². The SMILES string of the molecule is COC1OC1C1CCC([N+](=O)[O-])CC1. The molecule has 2 aliphatic rings. The van der Waals surface area contributed by atoms with Crippen molar-refractivity contribution in [3.63, 3.8) is 0 Å². The Morgan fingerprint density at radius 2 is 2.00 bits per heavy atom. The van der Waals surface area contributed by atoms with Crippen LogP contribution in [0, 0.1) is 16.0 Å². The van der Waals surface area contributed by atoms with E-state index < -0.39 is 0 Å².